The Morgan fingerprint density at radius 2 is 1.76 bits per heavy atom. The first-order valence-electron chi connectivity index (χ1n) is 6.54. The summed E-state index contributed by atoms with van der Waals surface area (Å²) in [5, 5.41) is 3.66. The summed E-state index contributed by atoms with van der Waals surface area (Å²) in [5.74, 6) is 0.622. The summed E-state index contributed by atoms with van der Waals surface area (Å²) < 4.78 is 0. The topological polar surface area (TPSA) is 15.3 Å². The Labute approximate surface area is 106 Å². The van der Waals surface area contributed by atoms with E-state index in [0.29, 0.717) is 12.0 Å². The van der Waals surface area contributed by atoms with E-state index < -0.39 is 0 Å². The van der Waals surface area contributed by atoms with Crippen LogP contribution in [0.1, 0.15) is 31.9 Å². The fourth-order valence-corrected chi connectivity index (χ4v) is 2.05. The molecular weight excluding hydrogens is 208 g/mol. The molecule has 96 valence electrons. The van der Waals surface area contributed by atoms with E-state index in [4.69, 9.17) is 0 Å². The fraction of sp³-hybridized carbons (Fsp3) is 0.600. The lowest BCUT2D eigenvalue weighted by Crippen LogP contribution is -2.28. The van der Waals surface area contributed by atoms with E-state index >= 15 is 0 Å². The van der Waals surface area contributed by atoms with Crippen LogP contribution in [0.2, 0.25) is 0 Å². The molecule has 2 heteroatoms. The van der Waals surface area contributed by atoms with Gasteiger partial charge >= 0.3 is 0 Å². The van der Waals surface area contributed by atoms with Crippen molar-refractivity contribution in [3.8, 4) is 0 Å². The lowest BCUT2D eigenvalue weighted by atomic mass is 9.96. The Balaban J connectivity index is 2.45. The van der Waals surface area contributed by atoms with E-state index in [1.54, 1.807) is 0 Å². The predicted molar refractivity (Wildman–Crippen MR) is 75.2 cm³/mol. The minimum atomic E-state index is 0.471. The summed E-state index contributed by atoms with van der Waals surface area (Å²) in [6.07, 6.45) is 1.20. The molecule has 0 heterocycles. The smallest absolute Gasteiger partial charge is 0.0343 e. The summed E-state index contributed by atoms with van der Waals surface area (Å²) in [6, 6.07) is 11.2. The SMILES string of the molecule is CC(C)C(NCCCN(C)C)c1ccccc1. The van der Waals surface area contributed by atoms with Gasteiger partial charge in [-0.1, -0.05) is 44.2 Å². The van der Waals surface area contributed by atoms with Crippen molar-refractivity contribution < 1.29 is 0 Å². The van der Waals surface area contributed by atoms with Crippen LogP contribution in [0, 0.1) is 5.92 Å². The Hall–Kier alpha value is -0.860. The molecule has 2 nitrogen and oxygen atoms in total. The molecular formula is C15H26N2. The zero-order valence-corrected chi connectivity index (χ0v) is 11.6. The highest BCUT2D eigenvalue weighted by atomic mass is 15.1. The summed E-state index contributed by atoms with van der Waals surface area (Å²) >= 11 is 0. The van der Waals surface area contributed by atoms with Gasteiger partial charge in [0.15, 0.2) is 0 Å². The van der Waals surface area contributed by atoms with Gasteiger partial charge in [-0.05, 0) is 45.1 Å². The second kappa shape index (κ2) is 7.46. The van der Waals surface area contributed by atoms with Crippen LogP contribution >= 0.6 is 0 Å². The molecule has 1 unspecified atom stereocenters. The van der Waals surface area contributed by atoms with Crippen molar-refractivity contribution >= 4 is 0 Å². The van der Waals surface area contributed by atoms with Gasteiger partial charge in [0.05, 0.1) is 0 Å². The van der Waals surface area contributed by atoms with Gasteiger partial charge in [0.1, 0.15) is 0 Å². The van der Waals surface area contributed by atoms with E-state index in [2.05, 4.69) is 68.5 Å². The molecule has 1 atom stereocenters. The van der Waals surface area contributed by atoms with Gasteiger partial charge in [-0.2, -0.15) is 0 Å². The third-order valence-electron chi connectivity index (χ3n) is 2.97. The van der Waals surface area contributed by atoms with Crippen LogP contribution in [0.5, 0.6) is 0 Å². The Morgan fingerprint density at radius 3 is 2.29 bits per heavy atom. The van der Waals surface area contributed by atoms with Crippen molar-refractivity contribution in [1.82, 2.24) is 10.2 Å². The average molecular weight is 234 g/mol. The molecule has 0 amide bonds. The lowest BCUT2D eigenvalue weighted by molar-refractivity contribution is 0.365. The minimum Gasteiger partial charge on any atom is -0.310 e. The number of rotatable bonds is 7. The van der Waals surface area contributed by atoms with E-state index in [9.17, 15) is 0 Å². The molecule has 0 aliphatic rings. The first kappa shape index (κ1) is 14.2. The minimum absolute atomic E-state index is 0.471. The van der Waals surface area contributed by atoms with Crippen LogP contribution in [0.15, 0.2) is 30.3 Å². The van der Waals surface area contributed by atoms with Crippen molar-refractivity contribution in [3.05, 3.63) is 35.9 Å². The highest BCUT2D eigenvalue weighted by molar-refractivity contribution is 5.19. The molecule has 0 radical (unpaired) electrons. The quantitative estimate of drug-likeness (QED) is 0.730. The zero-order valence-electron chi connectivity index (χ0n) is 11.6. The third kappa shape index (κ3) is 5.33. The molecule has 0 bridgehead atoms. The molecule has 0 aliphatic carbocycles. The summed E-state index contributed by atoms with van der Waals surface area (Å²) in [7, 11) is 4.24. The van der Waals surface area contributed by atoms with Crippen LogP contribution in [0.3, 0.4) is 0 Å². The monoisotopic (exact) mass is 234 g/mol. The molecule has 17 heavy (non-hydrogen) atoms. The number of hydrogen-bond donors (Lipinski definition) is 1. The molecule has 0 saturated carbocycles. The lowest BCUT2D eigenvalue weighted by Gasteiger charge is -2.23. The molecule has 0 aliphatic heterocycles. The number of benzene rings is 1. The van der Waals surface area contributed by atoms with Crippen LogP contribution in [-0.2, 0) is 0 Å². The number of nitrogens with one attached hydrogen (secondary N) is 1. The van der Waals surface area contributed by atoms with Gasteiger partial charge in [-0.25, -0.2) is 0 Å². The highest BCUT2D eigenvalue weighted by Crippen LogP contribution is 2.20. The maximum atomic E-state index is 3.66. The molecule has 0 spiro atoms. The Morgan fingerprint density at radius 1 is 1.12 bits per heavy atom. The molecule has 1 aromatic rings. The van der Waals surface area contributed by atoms with Gasteiger partial charge in [-0.3, -0.25) is 0 Å². The number of hydrogen-bond acceptors (Lipinski definition) is 2. The summed E-state index contributed by atoms with van der Waals surface area (Å²) in [5.41, 5.74) is 1.40. The Bertz CT molecular complexity index is 293. The molecule has 1 aromatic carbocycles. The highest BCUT2D eigenvalue weighted by Gasteiger charge is 2.13. The molecule has 0 saturated heterocycles. The molecule has 0 aromatic heterocycles. The second-order valence-corrected chi connectivity index (χ2v) is 5.24. The van der Waals surface area contributed by atoms with Gasteiger partial charge in [0.25, 0.3) is 0 Å². The largest absolute Gasteiger partial charge is 0.310 e. The third-order valence-corrected chi connectivity index (χ3v) is 2.97. The Kier molecular flexibility index (Phi) is 6.23. The summed E-state index contributed by atoms with van der Waals surface area (Å²) in [6.45, 7) is 6.77. The van der Waals surface area contributed by atoms with Crippen molar-refractivity contribution in [3.63, 3.8) is 0 Å². The van der Waals surface area contributed by atoms with Crippen molar-refractivity contribution in [2.24, 2.45) is 5.92 Å². The van der Waals surface area contributed by atoms with Crippen LogP contribution < -0.4 is 5.32 Å². The summed E-state index contributed by atoms with van der Waals surface area (Å²) in [4.78, 5) is 2.23. The van der Waals surface area contributed by atoms with Crippen LogP contribution in [0.25, 0.3) is 0 Å². The molecule has 1 N–H and O–H groups in total. The maximum absolute atomic E-state index is 3.66. The first-order valence-corrected chi connectivity index (χ1v) is 6.54. The standard InChI is InChI=1S/C15H26N2/c1-13(2)15(14-9-6-5-7-10-14)16-11-8-12-17(3)4/h5-7,9-10,13,15-16H,8,11-12H2,1-4H3. The predicted octanol–water partition coefficient (Wildman–Crippen LogP) is 2.93. The fourth-order valence-electron chi connectivity index (χ4n) is 2.05. The maximum Gasteiger partial charge on any atom is 0.0343 e. The normalized spacial score (nSPS) is 13.3. The van der Waals surface area contributed by atoms with Crippen molar-refractivity contribution in [1.29, 1.82) is 0 Å². The van der Waals surface area contributed by atoms with Crippen molar-refractivity contribution in [2.75, 3.05) is 27.2 Å². The number of nitrogens with zero attached hydrogens (tertiary/aromatic N) is 1. The van der Waals surface area contributed by atoms with Crippen LogP contribution in [0.4, 0.5) is 0 Å². The van der Waals surface area contributed by atoms with Gasteiger partial charge in [-0.15, -0.1) is 0 Å². The average Bonchev–Trinajstić information content (AvgIpc) is 2.29. The van der Waals surface area contributed by atoms with Crippen LogP contribution in [-0.4, -0.2) is 32.1 Å². The van der Waals surface area contributed by atoms with E-state index in [1.807, 2.05) is 0 Å². The van der Waals surface area contributed by atoms with E-state index in [0.717, 1.165) is 13.1 Å². The van der Waals surface area contributed by atoms with Crippen molar-refractivity contribution in [2.45, 2.75) is 26.3 Å². The van der Waals surface area contributed by atoms with E-state index in [-0.39, 0.29) is 0 Å². The van der Waals surface area contributed by atoms with E-state index in [1.165, 1.54) is 12.0 Å². The molecule has 0 fully saturated rings. The zero-order chi connectivity index (χ0) is 12.7. The first-order chi connectivity index (χ1) is 8.11. The van der Waals surface area contributed by atoms with Gasteiger partial charge < -0.3 is 10.2 Å². The van der Waals surface area contributed by atoms with Gasteiger partial charge in [0.2, 0.25) is 0 Å². The van der Waals surface area contributed by atoms with Gasteiger partial charge in [0, 0.05) is 6.04 Å². The molecule has 1 rings (SSSR count). The second-order valence-electron chi connectivity index (χ2n) is 5.24.